The van der Waals surface area contributed by atoms with Crippen LogP contribution in [0.3, 0.4) is 0 Å². The molecule has 0 bridgehead atoms. The Bertz CT molecular complexity index is 2860. The number of sulfonamides is 1. The van der Waals surface area contributed by atoms with Gasteiger partial charge < -0.3 is 24.5 Å². The van der Waals surface area contributed by atoms with Gasteiger partial charge in [-0.25, -0.2) is 18.1 Å². The van der Waals surface area contributed by atoms with E-state index in [1.54, 1.807) is 30.5 Å². The molecule has 2 aliphatic heterocycles. The van der Waals surface area contributed by atoms with Crippen LogP contribution in [0, 0.1) is 15.5 Å². The number of allylic oxidation sites excluding steroid dienone is 1. The molecular formula is C48H58ClN9O7S2. The highest BCUT2D eigenvalue weighted by Crippen LogP contribution is 2.43. The number of nitro benzene ring substituents is 1. The lowest BCUT2D eigenvalue weighted by Crippen LogP contribution is -2.47. The van der Waals surface area contributed by atoms with Crippen molar-refractivity contribution >= 4 is 71.3 Å². The fourth-order valence-corrected chi connectivity index (χ4v) is 12.8. The lowest BCUT2D eigenvalue weighted by Gasteiger charge is -2.39. The summed E-state index contributed by atoms with van der Waals surface area (Å²) in [4.78, 5) is 39.5. The van der Waals surface area contributed by atoms with Crippen molar-refractivity contribution in [2.45, 2.75) is 56.9 Å². The van der Waals surface area contributed by atoms with Crippen LogP contribution in [0.2, 0.25) is 5.02 Å². The van der Waals surface area contributed by atoms with E-state index in [-0.39, 0.29) is 22.4 Å². The summed E-state index contributed by atoms with van der Waals surface area (Å²) in [6, 6.07) is 20.7. The molecule has 16 nitrogen and oxygen atoms in total. The van der Waals surface area contributed by atoms with Crippen molar-refractivity contribution in [3.63, 3.8) is 0 Å². The highest BCUT2D eigenvalue weighted by Gasteiger charge is 2.31. The van der Waals surface area contributed by atoms with Gasteiger partial charge in [0.15, 0.2) is 0 Å². The number of carbonyl (C=O) groups excluding carboxylic acids is 1. The maximum absolute atomic E-state index is 14.0. The minimum absolute atomic E-state index is 0.0469. The van der Waals surface area contributed by atoms with Gasteiger partial charge in [0.1, 0.15) is 22.8 Å². The molecule has 0 spiro atoms. The molecule has 0 radical (unpaired) electrons. The predicted molar refractivity (Wildman–Crippen MR) is 267 cm³/mol. The maximum Gasteiger partial charge on any atom is 0.293 e. The Morgan fingerprint density at radius 1 is 1.01 bits per heavy atom. The summed E-state index contributed by atoms with van der Waals surface area (Å²) in [6.07, 6.45) is 8.58. The zero-order valence-electron chi connectivity index (χ0n) is 37.8. The fourth-order valence-electron chi connectivity index (χ4n) is 9.20. The maximum atomic E-state index is 14.0. The largest absolute Gasteiger partial charge is 0.455 e. The fraction of sp³-hybridized carbons (Fsp3) is 0.417. The Hall–Kier alpha value is -5.37. The molecule has 0 atom stereocenters. The number of carbonyl (C=O) groups is 1. The van der Waals surface area contributed by atoms with Gasteiger partial charge in [-0.05, 0) is 97.2 Å². The quantitative estimate of drug-likeness (QED) is 0.0383. The molecule has 1 saturated carbocycles. The van der Waals surface area contributed by atoms with Gasteiger partial charge in [0.05, 0.1) is 27.6 Å². The number of piperazine rings is 1. The van der Waals surface area contributed by atoms with Crippen LogP contribution in [0.25, 0.3) is 16.6 Å². The lowest BCUT2D eigenvalue weighted by atomic mass is 9.72. The Balaban J connectivity index is 0.887. The second kappa shape index (κ2) is 19.3. The molecule has 3 aromatic carbocycles. The van der Waals surface area contributed by atoms with Gasteiger partial charge in [-0.3, -0.25) is 29.1 Å². The zero-order valence-corrected chi connectivity index (χ0v) is 40.3. The lowest BCUT2D eigenvalue weighted by molar-refractivity contribution is -0.384. The molecule has 4 heterocycles. The number of ether oxygens (including phenoxy) is 1. The van der Waals surface area contributed by atoms with E-state index in [2.05, 4.69) is 65.0 Å². The number of hydrogen-bond donors (Lipinski definition) is 5. The number of anilines is 2. The molecule has 4 aliphatic rings. The number of hydrogen-bond acceptors (Lipinski definition) is 12. The number of thiol groups is 1. The van der Waals surface area contributed by atoms with E-state index in [9.17, 15) is 27.9 Å². The van der Waals surface area contributed by atoms with Gasteiger partial charge in [0.2, 0.25) is 0 Å². The number of benzene rings is 3. The van der Waals surface area contributed by atoms with Crippen LogP contribution in [-0.2, 0) is 20.1 Å². The van der Waals surface area contributed by atoms with Crippen LogP contribution in [-0.4, -0.2) is 120 Å². The van der Waals surface area contributed by atoms with E-state index in [4.69, 9.17) is 16.3 Å². The number of aromatic nitrogens is 2. The molecule has 2 saturated heterocycles. The van der Waals surface area contributed by atoms with E-state index in [0.717, 1.165) is 87.0 Å². The number of H-pyrrole nitrogens is 1. The third-order valence-electron chi connectivity index (χ3n) is 13.3. The zero-order chi connectivity index (χ0) is 46.9. The number of nitrogens with zero attached hydrogens (tertiary/aromatic N) is 6. The predicted octanol–water partition coefficient (Wildman–Crippen LogP) is 8.25. The Morgan fingerprint density at radius 2 is 1.78 bits per heavy atom. The van der Waals surface area contributed by atoms with Gasteiger partial charge in [0, 0.05) is 105 Å². The van der Waals surface area contributed by atoms with Crippen molar-refractivity contribution in [2.75, 3.05) is 80.6 Å². The summed E-state index contributed by atoms with van der Waals surface area (Å²) in [5, 5.41) is 16.8. The summed E-state index contributed by atoms with van der Waals surface area (Å²) >= 11 is 6.25. The summed E-state index contributed by atoms with van der Waals surface area (Å²) in [6.45, 7) is 10.9. The number of fused-ring (bicyclic) bond motifs is 1. The number of halogens is 1. The highest BCUT2D eigenvalue weighted by molar-refractivity contribution is 8.00. The van der Waals surface area contributed by atoms with Crippen LogP contribution in [0.5, 0.6) is 11.5 Å². The summed E-state index contributed by atoms with van der Waals surface area (Å²) < 4.78 is 51.6. The molecule has 67 heavy (non-hydrogen) atoms. The van der Waals surface area contributed by atoms with Gasteiger partial charge in [-0.1, -0.05) is 43.2 Å². The summed E-state index contributed by atoms with van der Waals surface area (Å²) in [5.41, 5.74) is 5.43. The molecule has 19 heteroatoms. The smallest absolute Gasteiger partial charge is 0.293 e. The molecule has 9 rings (SSSR count). The van der Waals surface area contributed by atoms with E-state index in [1.807, 2.05) is 18.2 Å². The average molecular weight is 973 g/mol. The molecular weight excluding hydrogens is 914 g/mol. The van der Waals surface area contributed by atoms with Gasteiger partial charge >= 0.3 is 0 Å². The molecule has 3 fully saturated rings. The van der Waals surface area contributed by atoms with Crippen molar-refractivity contribution in [2.24, 2.45) is 9.78 Å². The van der Waals surface area contributed by atoms with Crippen molar-refractivity contribution < 1.29 is 27.4 Å². The molecule has 1 amide bonds. The van der Waals surface area contributed by atoms with Crippen LogP contribution in [0.15, 0.2) is 100 Å². The molecule has 5 aromatic rings. The normalized spacial score (nSPS) is 19.5. The first-order valence-corrected chi connectivity index (χ1v) is 26.8. The number of nitro groups is 1. The second-order valence-corrected chi connectivity index (χ2v) is 23.9. The monoisotopic (exact) mass is 971 g/mol. The Labute approximate surface area is 397 Å². The average Bonchev–Trinajstić information content (AvgIpc) is 3.99. The van der Waals surface area contributed by atoms with E-state index in [1.165, 1.54) is 35.0 Å². The van der Waals surface area contributed by atoms with Gasteiger partial charge in [0.25, 0.3) is 21.6 Å². The molecule has 356 valence electrons. The highest BCUT2D eigenvalue weighted by atomic mass is 35.5. The molecule has 2 aliphatic carbocycles. The van der Waals surface area contributed by atoms with Gasteiger partial charge in [-0.2, -0.15) is 0 Å². The third kappa shape index (κ3) is 11.3. The minimum Gasteiger partial charge on any atom is -0.455 e. The number of amides is 1. The SMILES string of the molecule is CC1(C)CCC(CN2CCN(c3ccc(C(=O)NS(=O)(=O)c4ccc(NCCN5CC[SH](O)(=NC6CC6)CC5)c([N+](=O)[O-])c4)c(Oc4cnc5[nH]ccc5c4)c3)CC2)=C(c2ccc(Cl)cc2)C1. The number of nitrogens with one attached hydrogen (secondary N) is 3. The van der Waals surface area contributed by atoms with Crippen LogP contribution >= 0.6 is 11.6 Å². The summed E-state index contributed by atoms with van der Waals surface area (Å²) in [7, 11) is -6.83. The molecule has 4 N–H and O–H groups in total. The van der Waals surface area contributed by atoms with Crippen LogP contribution in [0.4, 0.5) is 17.1 Å². The van der Waals surface area contributed by atoms with E-state index >= 15 is 0 Å². The second-order valence-electron chi connectivity index (χ2n) is 18.9. The van der Waals surface area contributed by atoms with Crippen molar-refractivity contribution in [1.29, 1.82) is 0 Å². The first kappa shape index (κ1) is 46.7. The molecule has 2 aromatic heterocycles. The molecule has 0 unspecified atom stereocenters. The Kier molecular flexibility index (Phi) is 13.5. The van der Waals surface area contributed by atoms with Crippen LogP contribution in [0.1, 0.15) is 61.9 Å². The first-order valence-electron chi connectivity index (χ1n) is 22.9. The van der Waals surface area contributed by atoms with Crippen molar-refractivity contribution in [3.05, 3.63) is 117 Å². The van der Waals surface area contributed by atoms with Crippen molar-refractivity contribution in [1.82, 2.24) is 24.5 Å². The summed E-state index contributed by atoms with van der Waals surface area (Å²) in [5.74, 6) is 0.785. The number of rotatable bonds is 15. The topological polar surface area (TPSA) is 199 Å². The number of aromatic amines is 1. The van der Waals surface area contributed by atoms with Crippen LogP contribution < -0.4 is 19.7 Å². The third-order valence-corrected chi connectivity index (χ3v) is 17.4. The van der Waals surface area contributed by atoms with E-state index in [0.29, 0.717) is 55.1 Å². The van der Waals surface area contributed by atoms with Gasteiger partial charge in [-0.15, -0.1) is 10.1 Å². The first-order chi connectivity index (χ1) is 32.1. The number of pyridine rings is 1. The van der Waals surface area contributed by atoms with E-state index < -0.39 is 41.5 Å². The van der Waals surface area contributed by atoms with Crippen molar-refractivity contribution in [3.8, 4) is 11.5 Å². The standard InChI is InChI=1S/C48H58ClN9O7S2/c1-48(2)15-13-35(42(30-48)33-3-5-36(49)6-4-33)32-56-19-21-57(22-20-56)38-9-11-41(45(28-38)65-39-27-34-14-16-51-46(34)52-31-39)47(59)54-67(63,64)40-10-12-43(44(29-40)58(60)61)50-17-18-55-23-25-66(62,26-24-55)53-37-7-8-37/h3-6,9-12,14,16,27-29,31,37,50,66H,7-8,13,15,17-26,30,32H2,1-2H3,(H,51,52)(H,53,62)(H,54,59). The Morgan fingerprint density at radius 3 is 2.51 bits per heavy atom. The minimum atomic E-state index is -4.59.